The van der Waals surface area contributed by atoms with Crippen LogP contribution in [0.1, 0.15) is 23.2 Å². The van der Waals surface area contributed by atoms with Crippen LogP contribution in [0.15, 0.2) is 22.7 Å². The minimum Gasteiger partial charge on any atom is -0.391 e. The molecule has 1 aliphatic rings. The standard InChI is InChI=1S/C12H13BrINO2/c13-8-3-4-10(14)9(5-8)12(17)15-6-11(16)7-1-2-7/h3-5,7,11,16H,1-2,6H2,(H,15,17). The molecular weight excluding hydrogens is 397 g/mol. The maximum absolute atomic E-state index is 11.9. The van der Waals surface area contributed by atoms with E-state index in [0.29, 0.717) is 18.0 Å². The van der Waals surface area contributed by atoms with E-state index in [0.717, 1.165) is 20.9 Å². The normalized spacial score (nSPS) is 16.6. The molecule has 1 unspecified atom stereocenters. The first-order valence-electron chi connectivity index (χ1n) is 5.49. The maximum atomic E-state index is 11.9. The number of hydrogen-bond acceptors (Lipinski definition) is 2. The van der Waals surface area contributed by atoms with Gasteiger partial charge in [-0.25, -0.2) is 0 Å². The highest BCUT2D eigenvalue weighted by molar-refractivity contribution is 14.1. The third-order valence-corrected chi connectivity index (χ3v) is 4.24. The molecule has 5 heteroatoms. The molecule has 0 spiro atoms. The Hall–Kier alpha value is -0.140. The predicted molar refractivity (Wildman–Crippen MR) is 77.9 cm³/mol. The number of carbonyl (C=O) groups excluding carboxylic acids is 1. The van der Waals surface area contributed by atoms with Crippen LogP contribution in [-0.4, -0.2) is 23.7 Å². The van der Waals surface area contributed by atoms with Gasteiger partial charge in [-0.1, -0.05) is 15.9 Å². The van der Waals surface area contributed by atoms with Crippen LogP contribution in [0, 0.1) is 9.49 Å². The Kier molecular flexibility index (Phi) is 4.43. The van der Waals surface area contributed by atoms with E-state index < -0.39 is 6.10 Å². The lowest BCUT2D eigenvalue weighted by atomic mass is 10.2. The Morgan fingerprint density at radius 3 is 2.94 bits per heavy atom. The van der Waals surface area contributed by atoms with E-state index in [9.17, 15) is 9.90 Å². The summed E-state index contributed by atoms with van der Waals surface area (Å²) < 4.78 is 1.79. The van der Waals surface area contributed by atoms with Gasteiger partial charge in [-0.05, 0) is 59.5 Å². The predicted octanol–water partition coefficient (Wildman–Crippen LogP) is 2.55. The second kappa shape index (κ2) is 5.67. The zero-order valence-corrected chi connectivity index (χ0v) is 12.9. The van der Waals surface area contributed by atoms with E-state index in [-0.39, 0.29) is 5.91 Å². The fraction of sp³-hybridized carbons (Fsp3) is 0.417. The van der Waals surface area contributed by atoms with Gasteiger partial charge >= 0.3 is 0 Å². The quantitative estimate of drug-likeness (QED) is 0.751. The summed E-state index contributed by atoms with van der Waals surface area (Å²) in [5, 5.41) is 12.5. The number of aliphatic hydroxyl groups is 1. The highest BCUT2D eigenvalue weighted by atomic mass is 127. The number of amides is 1. The van der Waals surface area contributed by atoms with Gasteiger partial charge in [0, 0.05) is 14.6 Å². The molecule has 0 aliphatic heterocycles. The van der Waals surface area contributed by atoms with Gasteiger partial charge < -0.3 is 10.4 Å². The minimum atomic E-state index is -0.399. The molecule has 1 amide bonds. The molecule has 17 heavy (non-hydrogen) atoms. The van der Waals surface area contributed by atoms with Gasteiger partial charge in [0.05, 0.1) is 11.7 Å². The Bertz CT molecular complexity index is 435. The van der Waals surface area contributed by atoms with Gasteiger partial charge in [0.25, 0.3) is 5.91 Å². The summed E-state index contributed by atoms with van der Waals surface area (Å²) in [5.74, 6) is 0.257. The van der Waals surface area contributed by atoms with Crippen LogP contribution in [0.25, 0.3) is 0 Å². The van der Waals surface area contributed by atoms with Crippen LogP contribution in [0.4, 0.5) is 0 Å². The lowest BCUT2D eigenvalue weighted by Crippen LogP contribution is -2.33. The summed E-state index contributed by atoms with van der Waals surface area (Å²) in [6, 6.07) is 5.58. The van der Waals surface area contributed by atoms with E-state index in [4.69, 9.17) is 0 Å². The highest BCUT2D eigenvalue weighted by Gasteiger charge is 2.29. The Balaban J connectivity index is 1.96. The molecule has 1 fully saturated rings. The van der Waals surface area contributed by atoms with Gasteiger partial charge in [-0.2, -0.15) is 0 Å². The Labute approximate surface area is 122 Å². The average molecular weight is 410 g/mol. The number of halogens is 2. The van der Waals surface area contributed by atoms with Crippen molar-refractivity contribution >= 4 is 44.4 Å². The van der Waals surface area contributed by atoms with Crippen molar-refractivity contribution in [2.45, 2.75) is 18.9 Å². The molecule has 0 aromatic heterocycles. The van der Waals surface area contributed by atoms with Crippen molar-refractivity contribution in [3.8, 4) is 0 Å². The van der Waals surface area contributed by atoms with Crippen LogP contribution in [0.3, 0.4) is 0 Å². The first-order chi connectivity index (χ1) is 8.08. The first-order valence-corrected chi connectivity index (χ1v) is 7.36. The molecule has 1 aromatic carbocycles. The molecule has 0 bridgehead atoms. The van der Waals surface area contributed by atoms with Crippen molar-refractivity contribution < 1.29 is 9.90 Å². The van der Waals surface area contributed by atoms with E-state index in [1.807, 2.05) is 12.1 Å². The summed E-state index contributed by atoms with van der Waals surface area (Å²) in [6.07, 6.45) is 1.75. The number of nitrogens with one attached hydrogen (secondary N) is 1. The minimum absolute atomic E-state index is 0.129. The summed E-state index contributed by atoms with van der Waals surface area (Å²) in [7, 11) is 0. The SMILES string of the molecule is O=C(NCC(O)C1CC1)c1cc(Br)ccc1I. The number of benzene rings is 1. The third kappa shape index (κ3) is 3.66. The van der Waals surface area contributed by atoms with Crippen LogP contribution in [0.5, 0.6) is 0 Å². The molecule has 0 radical (unpaired) electrons. The molecule has 2 N–H and O–H groups in total. The van der Waals surface area contributed by atoms with Crippen molar-refractivity contribution in [3.63, 3.8) is 0 Å². The summed E-state index contributed by atoms with van der Waals surface area (Å²) in [5.41, 5.74) is 0.642. The van der Waals surface area contributed by atoms with Gasteiger partial charge in [0.15, 0.2) is 0 Å². The summed E-state index contributed by atoms with van der Waals surface area (Å²) in [6.45, 7) is 0.339. The largest absolute Gasteiger partial charge is 0.391 e. The van der Waals surface area contributed by atoms with Gasteiger partial charge in [-0.15, -0.1) is 0 Å². The molecule has 92 valence electrons. The second-order valence-corrected chi connectivity index (χ2v) is 6.32. The molecule has 3 nitrogen and oxygen atoms in total. The van der Waals surface area contributed by atoms with Crippen LogP contribution in [-0.2, 0) is 0 Å². The summed E-state index contributed by atoms with van der Waals surface area (Å²) >= 11 is 5.48. The van der Waals surface area contributed by atoms with Gasteiger partial charge in [0.1, 0.15) is 0 Å². The molecule has 1 atom stereocenters. The molecule has 0 saturated heterocycles. The zero-order valence-electron chi connectivity index (χ0n) is 9.12. The molecule has 1 saturated carbocycles. The monoisotopic (exact) mass is 409 g/mol. The van der Waals surface area contributed by atoms with Crippen LogP contribution in [0.2, 0.25) is 0 Å². The topological polar surface area (TPSA) is 49.3 Å². The second-order valence-electron chi connectivity index (χ2n) is 4.24. The number of hydrogen-bond donors (Lipinski definition) is 2. The number of aliphatic hydroxyl groups excluding tert-OH is 1. The molecule has 2 rings (SSSR count). The highest BCUT2D eigenvalue weighted by Crippen LogP contribution is 2.32. The van der Waals surface area contributed by atoms with Crippen molar-refractivity contribution in [1.82, 2.24) is 5.32 Å². The smallest absolute Gasteiger partial charge is 0.252 e. The molecular formula is C12H13BrINO2. The van der Waals surface area contributed by atoms with E-state index in [2.05, 4.69) is 43.8 Å². The van der Waals surface area contributed by atoms with E-state index >= 15 is 0 Å². The van der Waals surface area contributed by atoms with Crippen molar-refractivity contribution in [2.75, 3.05) is 6.54 Å². The molecule has 1 aromatic rings. The van der Waals surface area contributed by atoms with Crippen LogP contribution >= 0.6 is 38.5 Å². The molecule has 1 aliphatic carbocycles. The van der Waals surface area contributed by atoms with Crippen molar-refractivity contribution in [1.29, 1.82) is 0 Å². The molecule has 0 heterocycles. The lowest BCUT2D eigenvalue weighted by Gasteiger charge is -2.11. The van der Waals surface area contributed by atoms with E-state index in [1.165, 1.54) is 0 Å². The Morgan fingerprint density at radius 1 is 1.59 bits per heavy atom. The maximum Gasteiger partial charge on any atom is 0.252 e. The number of rotatable bonds is 4. The van der Waals surface area contributed by atoms with Gasteiger partial charge in [-0.3, -0.25) is 4.79 Å². The Morgan fingerprint density at radius 2 is 2.29 bits per heavy atom. The summed E-state index contributed by atoms with van der Waals surface area (Å²) in [4.78, 5) is 11.9. The van der Waals surface area contributed by atoms with Crippen molar-refractivity contribution in [2.24, 2.45) is 5.92 Å². The van der Waals surface area contributed by atoms with Gasteiger partial charge in [0.2, 0.25) is 0 Å². The lowest BCUT2D eigenvalue weighted by molar-refractivity contribution is 0.0900. The van der Waals surface area contributed by atoms with E-state index in [1.54, 1.807) is 6.07 Å². The van der Waals surface area contributed by atoms with Crippen LogP contribution < -0.4 is 5.32 Å². The van der Waals surface area contributed by atoms with Crippen molar-refractivity contribution in [3.05, 3.63) is 31.8 Å². The average Bonchev–Trinajstić information content (AvgIpc) is 3.12. The number of carbonyl (C=O) groups is 1. The first kappa shape index (κ1) is 13.3. The third-order valence-electron chi connectivity index (χ3n) is 2.81. The fourth-order valence-corrected chi connectivity index (χ4v) is 2.55. The fourth-order valence-electron chi connectivity index (χ4n) is 1.61. The zero-order chi connectivity index (χ0) is 12.4.